The van der Waals surface area contributed by atoms with Gasteiger partial charge in [0.25, 0.3) is 0 Å². The molecular formula is C18H18N2O. The molecule has 0 aliphatic carbocycles. The fraction of sp³-hybridized carbons (Fsp3) is 0.167. The summed E-state index contributed by atoms with van der Waals surface area (Å²) in [5, 5.41) is 1.25. The summed E-state index contributed by atoms with van der Waals surface area (Å²) in [6, 6.07) is 18.1. The highest BCUT2D eigenvalue weighted by Crippen LogP contribution is 2.20. The number of carbonyl (C=O) groups is 1. The topological polar surface area (TPSA) is 48.0 Å². The second-order valence-corrected chi connectivity index (χ2v) is 5.27. The van der Waals surface area contributed by atoms with Gasteiger partial charge in [-0.1, -0.05) is 36.4 Å². The lowest BCUT2D eigenvalue weighted by atomic mass is 10.0. The SMILES string of the molecule is Cc1cc2ccccc2n1CCc1ccccc1C(N)=O. The summed E-state index contributed by atoms with van der Waals surface area (Å²) >= 11 is 0. The number of carbonyl (C=O) groups excluding carboxylic acids is 1. The number of aryl methyl sites for hydroxylation is 3. The average molecular weight is 278 g/mol. The van der Waals surface area contributed by atoms with E-state index in [1.807, 2.05) is 18.2 Å². The van der Waals surface area contributed by atoms with Gasteiger partial charge in [-0.05, 0) is 42.5 Å². The van der Waals surface area contributed by atoms with Gasteiger partial charge in [0.1, 0.15) is 0 Å². The van der Waals surface area contributed by atoms with Crippen LogP contribution in [0, 0.1) is 6.92 Å². The zero-order chi connectivity index (χ0) is 14.8. The van der Waals surface area contributed by atoms with E-state index in [1.54, 1.807) is 6.07 Å². The number of rotatable bonds is 4. The Morgan fingerprint density at radius 1 is 1.10 bits per heavy atom. The Kier molecular flexibility index (Phi) is 3.48. The minimum atomic E-state index is -0.361. The molecule has 3 nitrogen and oxygen atoms in total. The largest absolute Gasteiger partial charge is 0.366 e. The van der Waals surface area contributed by atoms with Crippen LogP contribution in [-0.4, -0.2) is 10.5 Å². The van der Waals surface area contributed by atoms with E-state index in [0.29, 0.717) is 5.56 Å². The molecule has 1 aromatic heterocycles. The summed E-state index contributed by atoms with van der Waals surface area (Å²) in [4.78, 5) is 11.5. The zero-order valence-electron chi connectivity index (χ0n) is 12.0. The summed E-state index contributed by atoms with van der Waals surface area (Å²) in [7, 11) is 0. The van der Waals surface area contributed by atoms with E-state index in [9.17, 15) is 4.79 Å². The fourth-order valence-corrected chi connectivity index (χ4v) is 2.86. The molecular weight excluding hydrogens is 260 g/mol. The maximum absolute atomic E-state index is 11.5. The van der Waals surface area contributed by atoms with Gasteiger partial charge in [0.2, 0.25) is 5.91 Å². The first-order chi connectivity index (χ1) is 10.2. The van der Waals surface area contributed by atoms with Crippen LogP contribution in [0.25, 0.3) is 10.9 Å². The van der Waals surface area contributed by atoms with Gasteiger partial charge in [-0.25, -0.2) is 0 Å². The third kappa shape index (κ3) is 2.55. The minimum absolute atomic E-state index is 0.361. The van der Waals surface area contributed by atoms with E-state index in [-0.39, 0.29) is 5.91 Å². The van der Waals surface area contributed by atoms with Crippen molar-refractivity contribution in [1.82, 2.24) is 4.57 Å². The molecule has 2 N–H and O–H groups in total. The summed E-state index contributed by atoms with van der Waals surface area (Å²) < 4.78 is 2.28. The van der Waals surface area contributed by atoms with Crippen molar-refractivity contribution in [2.24, 2.45) is 5.73 Å². The molecule has 106 valence electrons. The first kappa shape index (κ1) is 13.4. The van der Waals surface area contributed by atoms with Gasteiger partial charge in [-0.3, -0.25) is 4.79 Å². The van der Waals surface area contributed by atoms with Crippen LogP contribution in [0.2, 0.25) is 0 Å². The van der Waals surface area contributed by atoms with Gasteiger partial charge in [0.05, 0.1) is 0 Å². The highest BCUT2D eigenvalue weighted by Gasteiger charge is 2.09. The van der Waals surface area contributed by atoms with Gasteiger partial charge >= 0.3 is 0 Å². The number of nitrogens with two attached hydrogens (primary N) is 1. The summed E-state index contributed by atoms with van der Waals surface area (Å²) in [6.07, 6.45) is 0.790. The van der Waals surface area contributed by atoms with Gasteiger partial charge < -0.3 is 10.3 Å². The van der Waals surface area contributed by atoms with Crippen LogP contribution in [0.4, 0.5) is 0 Å². The van der Waals surface area contributed by atoms with Crippen molar-refractivity contribution in [2.75, 3.05) is 0 Å². The van der Waals surface area contributed by atoms with Crippen LogP contribution in [-0.2, 0) is 13.0 Å². The van der Waals surface area contributed by atoms with Crippen LogP contribution >= 0.6 is 0 Å². The van der Waals surface area contributed by atoms with Crippen molar-refractivity contribution >= 4 is 16.8 Å². The van der Waals surface area contributed by atoms with Crippen molar-refractivity contribution in [3.05, 3.63) is 71.4 Å². The monoisotopic (exact) mass is 278 g/mol. The molecule has 0 unspecified atom stereocenters. The molecule has 0 bridgehead atoms. The Morgan fingerprint density at radius 3 is 2.62 bits per heavy atom. The van der Waals surface area contributed by atoms with Crippen LogP contribution < -0.4 is 5.73 Å². The van der Waals surface area contributed by atoms with Crippen LogP contribution in [0.1, 0.15) is 21.6 Å². The van der Waals surface area contributed by atoms with Gasteiger partial charge in [0.15, 0.2) is 0 Å². The maximum atomic E-state index is 11.5. The second kappa shape index (κ2) is 5.44. The highest BCUT2D eigenvalue weighted by atomic mass is 16.1. The molecule has 1 heterocycles. The molecule has 3 aromatic rings. The van der Waals surface area contributed by atoms with Crippen LogP contribution in [0.5, 0.6) is 0 Å². The van der Waals surface area contributed by atoms with Gasteiger partial charge in [-0.15, -0.1) is 0 Å². The quantitative estimate of drug-likeness (QED) is 0.782. The predicted molar refractivity (Wildman–Crippen MR) is 85.3 cm³/mol. The predicted octanol–water partition coefficient (Wildman–Crippen LogP) is 3.29. The number of primary amides is 1. The number of para-hydroxylation sites is 1. The molecule has 0 saturated carbocycles. The summed E-state index contributed by atoms with van der Waals surface area (Å²) in [5.41, 5.74) is 9.52. The Labute approximate surface area is 124 Å². The Morgan fingerprint density at radius 2 is 1.81 bits per heavy atom. The standard InChI is InChI=1S/C18H18N2O/c1-13-12-15-7-3-5-9-17(15)20(13)11-10-14-6-2-4-8-16(14)18(19)21/h2-9,12H,10-11H2,1H3,(H2,19,21). The Balaban J connectivity index is 1.91. The Bertz CT molecular complexity index is 802. The zero-order valence-corrected chi connectivity index (χ0v) is 12.0. The van der Waals surface area contributed by atoms with Gasteiger partial charge in [-0.2, -0.15) is 0 Å². The van der Waals surface area contributed by atoms with Crippen molar-refractivity contribution in [1.29, 1.82) is 0 Å². The van der Waals surface area contributed by atoms with Crippen molar-refractivity contribution in [3.8, 4) is 0 Å². The summed E-state index contributed by atoms with van der Waals surface area (Å²) in [5.74, 6) is -0.361. The molecule has 0 fully saturated rings. The fourth-order valence-electron chi connectivity index (χ4n) is 2.86. The first-order valence-corrected chi connectivity index (χ1v) is 7.09. The average Bonchev–Trinajstić information content (AvgIpc) is 2.81. The van der Waals surface area contributed by atoms with E-state index >= 15 is 0 Å². The maximum Gasteiger partial charge on any atom is 0.248 e. The van der Waals surface area contributed by atoms with E-state index in [4.69, 9.17) is 5.73 Å². The van der Waals surface area contributed by atoms with Crippen molar-refractivity contribution in [3.63, 3.8) is 0 Å². The third-order valence-electron chi connectivity index (χ3n) is 3.91. The first-order valence-electron chi connectivity index (χ1n) is 7.09. The smallest absolute Gasteiger partial charge is 0.248 e. The number of hydrogen-bond acceptors (Lipinski definition) is 1. The normalized spacial score (nSPS) is 10.9. The molecule has 3 rings (SSSR count). The molecule has 0 spiro atoms. The molecule has 0 radical (unpaired) electrons. The highest BCUT2D eigenvalue weighted by molar-refractivity contribution is 5.94. The lowest BCUT2D eigenvalue weighted by Crippen LogP contribution is -2.14. The molecule has 21 heavy (non-hydrogen) atoms. The number of amides is 1. The van der Waals surface area contributed by atoms with E-state index < -0.39 is 0 Å². The van der Waals surface area contributed by atoms with Crippen molar-refractivity contribution < 1.29 is 4.79 Å². The lowest BCUT2D eigenvalue weighted by molar-refractivity contribution is 0.0999. The molecule has 0 aliphatic heterocycles. The van der Waals surface area contributed by atoms with E-state index in [2.05, 4.69) is 41.8 Å². The molecule has 0 atom stereocenters. The lowest BCUT2D eigenvalue weighted by Gasteiger charge is -2.10. The molecule has 2 aromatic carbocycles. The molecule has 1 amide bonds. The third-order valence-corrected chi connectivity index (χ3v) is 3.91. The number of benzene rings is 2. The van der Waals surface area contributed by atoms with Crippen molar-refractivity contribution in [2.45, 2.75) is 19.9 Å². The Hall–Kier alpha value is -2.55. The number of hydrogen-bond donors (Lipinski definition) is 1. The second-order valence-electron chi connectivity index (χ2n) is 5.27. The molecule has 3 heteroatoms. The number of nitrogens with zero attached hydrogens (tertiary/aromatic N) is 1. The number of fused-ring (bicyclic) bond motifs is 1. The van der Waals surface area contributed by atoms with E-state index in [0.717, 1.165) is 18.5 Å². The van der Waals surface area contributed by atoms with Crippen LogP contribution in [0.3, 0.4) is 0 Å². The minimum Gasteiger partial charge on any atom is -0.366 e. The van der Waals surface area contributed by atoms with Gasteiger partial charge in [0, 0.05) is 23.3 Å². The van der Waals surface area contributed by atoms with E-state index in [1.165, 1.54) is 16.6 Å². The molecule has 0 aliphatic rings. The summed E-state index contributed by atoms with van der Waals surface area (Å²) in [6.45, 7) is 2.95. The molecule has 0 saturated heterocycles. The van der Waals surface area contributed by atoms with Crippen LogP contribution in [0.15, 0.2) is 54.6 Å². The number of aromatic nitrogens is 1.